The number of aliphatic hydroxyl groups is 1. The first-order valence-electron chi connectivity index (χ1n) is 6.10. The van der Waals surface area contributed by atoms with Crippen LogP contribution in [0.25, 0.3) is 0 Å². The summed E-state index contributed by atoms with van der Waals surface area (Å²) in [5, 5.41) is 17.8. The predicted octanol–water partition coefficient (Wildman–Crippen LogP) is 2.29. The molecule has 0 bridgehead atoms. The molecule has 0 heterocycles. The molecule has 0 amide bonds. The van der Waals surface area contributed by atoms with Gasteiger partial charge in [0.25, 0.3) is 0 Å². The molecule has 5 nitrogen and oxygen atoms in total. The van der Waals surface area contributed by atoms with Crippen molar-refractivity contribution in [3.63, 3.8) is 0 Å². The lowest BCUT2D eigenvalue weighted by Crippen LogP contribution is -1.99. The van der Waals surface area contributed by atoms with E-state index in [1.165, 1.54) is 18.2 Å². The Morgan fingerprint density at radius 1 is 1.15 bits per heavy atom. The summed E-state index contributed by atoms with van der Waals surface area (Å²) in [4.78, 5) is 10.9. The third-order valence-corrected chi connectivity index (χ3v) is 2.81. The van der Waals surface area contributed by atoms with Gasteiger partial charge in [0.05, 0.1) is 11.3 Å². The molecule has 2 aromatic rings. The molecule has 2 aromatic carbocycles. The second-order valence-electron chi connectivity index (χ2n) is 4.28. The van der Waals surface area contributed by atoms with Crippen molar-refractivity contribution in [3.8, 4) is 11.5 Å². The molecule has 0 unspecified atom stereocenters. The van der Waals surface area contributed by atoms with E-state index in [4.69, 9.17) is 20.7 Å². The molecule has 20 heavy (non-hydrogen) atoms. The van der Waals surface area contributed by atoms with E-state index in [9.17, 15) is 4.79 Å². The lowest BCUT2D eigenvalue weighted by atomic mass is 10.1. The first-order chi connectivity index (χ1) is 9.60. The number of carboxylic acids is 1. The van der Waals surface area contributed by atoms with Gasteiger partial charge in [-0.3, -0.25) is 0 Å². The fourth-order valence-electron chi connectivity index (χ4n) is 1.74. The number of anilines is 1. The van der Waals surface area contributed by atoms with Gasteiger partial charge < -0.3 is 20.7 Å². The minimum Gasteiger partial charge on any atom is -0.478 e. The van der Waals surface area contributed by atoms with Crippen molar-refractivity contribution in [2.75, 3.05) is 12.3 Å². The maximum absolute atomic E-state index is 10.9. The molecular weight excluding hydrogens is 258 g/mol. The molecular formula is C15H15NO4. The van der Waals surface area contributed by atoms with Crippen LogP contribution in [0, 0.1) is 0 Å². The van der Waals surface area contributed by atoms with Crippen molar-refractivity contribution < 1.29 is 19.7 Å². The minimum atomic E-state index is -1.03. The van der Waals surface area contributed by atoms with E-state index >= 15 is 0 Å². The zero-order valence-electron chi connectivity index (χ0n) is 10.7. The van der Waals surface area contributed by atoms with E-state index in [2.05, 4.69) is 0 Å². The molecule has 0 saturated carbocycles. The van der Waals surface area contributed by atoms with E-state index in [-0.39, 0.29) is 12.2 Å². The van der Waals surface area contributed by atoms with Crippen molar-refractivity contribution >= 4 is 11.7 Å². The molecule has 0 radical (unpaired) electrons. The van der Waals surface area contributed by atoms with Gasteiger partial charge in [0.15, 0.2) is 5.75 Å². The summed E-state index contributed by atoms with van der Waals surface area (Å²) < 4.78 is 5.58. The van der Waals surface area contributed by atoms with Crippen molar-refractivity contribution in [1.82, 2.24) is 0 Å². The van der Waals surface area contributed by atoms with E-state index < -0.39 is 5.97 Å². The van der Waals surface area contributed by atoms with Gasteiger partial charge in [0.2, 0.25) is 0 Å². The lowest BCUT2D eigenvalue weighted by molar-refractivity contribution is 0.0696. The molecule has 5 heteroatoms. The van der Waals surface area contributed by atoms with Crippen LogP contribution in [0.1, 0.15) is 15.9 Å². The SMILES string of the molecule is Nc1ccc(C(=O)O)cc1Oc1ccc(CCO)cc1. The van der Waals surface area contributed by atoms with Gasteiger partial charge in [0, 0.05) is 6.61 Å². The van der Waals surface area contributed by atoms with Crippen LogP contribution in [-0.4, -0.2) is 22.8 Å². The van der Waals surface area contributed by atoms with Crippen LogP contribution in [0.3, 0.4) is 0 Å². The number of carbonyl (C=O) groups is 1. The highest BCUT2D eigenvalue weighted by Gasteiger charge is 2.08. The number of aliphatic hydroxyl groups excluding tert-OH is 1. The highest BCUT2D eigenvalue weighted by molar-refractivity contribution is 5.89. The standard InChI is InChI=1S/C15H15NO4/c16-13-6-3-11(15(18)19)9-14(13)20-12-4-1-10(2-5-12)7-8-17/h1-6,9,17H,7-8,16H2,(H,18,19). The summed E-state index contributed by atoms with van der Waals surface area (Å²) in [5.74, 6) is -0.172. The Balaban J connectivity index is 2.20. The molecule has 0 aliphatic heterocycles. The van der Waals surface area contributed by atoms with Gasteiger partial charge in [-0.25, -0.2) is 4.79 Å². The zero-order valence-corrected chi connectivity index (χ0v) is 10.7. The van der Waals surface area contributed by atoms with Crippen molar-refractivity contribution in [3.05, 3.63) is 53.6 Å². The first kappa shape index (κ1) is 13.9. The number of hydrogen-bond donors (Lipinski definition) is 3. The number of rotatable bonds is 5. The van der Waals surface area contributed by atoms with Crippen LogP contribution in [-0.2, 0) is 6.42 Å². The summed E-state index contributed by atoms with van der Waals surface area (Å²) in [6, 6.07) is 11.5. The highest BCUT2D eigenvalue weighted by atomic mass is 16.5. The number of nitrogen functional groups attached to an aromatic ring is 1. The Hall–Kier alpha value is -2.53. The number of nitrogens with two attached hydrogens (primary N) is 1. The number of carboxylic acid groups (broad SMARTS) is 1. The van der Waals surface area contributed by atoms with Crippen LogP contribution in [0.5, 0.6) is 11.5 Å². The second kappa shape index (κ2) is 6.08. The van der Waals surface area contributed by atoms with E-state index in [0.717, 1.165) is 5.56 Å². The maximum Gasteiger partial charge on any atom is 0.335 e. The Bertz CT molecular complexity index is 608. The predicted molar refractivity (Wildman–Crippen MR) is 75.1 cm³/mol. The Kier molecular flexibility index (Phi) is 4.22. The van der Waals surface area contributed by atoms with Gasteiger partial charge >= 0.3 is 5.97 Å². The summed E-state index contributed by atoms with van der Waals surface area (Å²) in [7, 11) is 0. The average molecular weight is 273 g/mol. The number of hydrogen-bond acceptors (Lipinski definition) is 4. The van der Waals surface area contributed by atoms with Gasteiger partial charge in [-0.05, 0) is 42.3 Å². The largest absolute Gasteiger partial charge is 0.478 e. The lowest BCUT2D eigenvalue weighted by Gasteiger charge is -2.09. The van der Waals surface area contributed by atoms with Crippen molar-refractivity contribution in [1.29, 1.82) is 0 Å². The summed E-state index contributed by atoms with van der Waals surface area (Å²) in [6.45, 7) is 0.0911. The molecule has 4 N–H and O–H groups in total. The molecule has 0 atom stereocenters. The van der Waals surface area contributed by atoms with E-state index in [1.54, 1.807) is 12.1 Å². The summed E-state index contributed by atoms with van der Waals surface area (Å²) >= 11 is 0. The van der Waals surface area contributed by atoms with Crippen molar-refractivity contribution in [2.45, 2.75) is 6.42 Å². The number of aromatic carboxylic acids is 1. The molecule has 0 fully saturated rings. The molecule has 2 rings (SSSR count). The van der Waals surface area contributed by atoms with Gasteiger partial charge in [-0.15, -0.1) is 0 Å². The number of benzene rings is 2. The second-order valence-corrected chi connectivity index (χ2v) is 4.28. The van der Waals surface area contributed by atoms with Gasteiger partial charge in [0.1, 0.15) is 5.75 Å². The van der Waals surface area contributed by atoms with Crippen LogP contribution in [0.4, 0.5) is 5.69 Å². The van der Waals surface area contributed by atoms with E-state index in [1.807, 2.05) is 12.1 Å². The Morgan fingerprint density at radius 3 is 2.45 bits per heavy atom. The topological polar surface area (TPSA) is 92.8 Å². The zero-order chi connectivity index (χ0) is 14.5. The van der Waals surface area contributed by atoms with E-state index in [0.29, 0.717) is 23.6 Å². The van der Waals surface area contributed by atoms with Crippen LogP contribution < -0.4 is 10.5 Å². The molecule has 0 aliphatic rings. The fraction of sp³-hybridized carbons (Fsp3) is 0.133. The number of ether oxygens (including phenoxy) is 1. The monoisotopic (exact) mass is 273 g/mol. The summed E-state index contributed by atoms with van der Waals surface area (Å²) in [6.07, 6.45) is 0.580. The van der Waals surface area contributed by atoms with Crippen molar-refractivity contribution in [2.24, 2.45) is 0 Å². The van der Waals surface area contributed by atoms with Crippen LogP contribution in [0.15, 0.2) is 42.5 Å². The first-order valence-corrected chi connectivity index (χ1v) is 6.10. The smallest absolute Gasteiger partial charge is 0.335 e. The third-order valence-electron chi connectivity index (χ3n) is 2.81. The summed E-state index contributed by atoms with van der Waals surface area (Å²) in [5.41, 5.74) is 7.24. The fourth-order valence-corrected chi connectivity index (χ4v) is 1.74. The van der Waals surface area contributed by atoms with Crippen LogP contribution in [0.2, 0.25) is 0 Å². The highest BCUT2D eigenvalue weighted by Crippen LogP contribution is 2.28. The normalized spacial score (nSPS) is 10.2. The average Bonchev–Trinajstić information content (AvgIpc) is 2.43. The Morgan fingerprint density at radius 2 is 1.85 bits per heavy atom. The molecule has 0 spiro atoms. The maximum atomic E-state index is 10.9. The van der Waals surface area contributed by atoms with Gasteiger partial charge in [-0.2, -0.15) is 0 Å². The molecule has 0 aliphatic carbocycles. The molecule has 0 aromatic heterocycles. The molecule has 0 saturated heterocycles. The quantitative estimate of drug-likeness (QED) is 0.727. The van der Waals surface area contributed by atoms with Gasteiger partial charge in [-0.1, -0.05) is 12.1 Å². The van der Waals surface area contributed by atoms with Crippen LogP contribution >= 0.6 is 0 Å². The molecule has 104 valence electrons. The Labute approximate surface area is 116 Å². The minimum absolute atomic E-state index is 0.0911. The third kappa shape index (κ3) is 3.27.